The topological polar surface area (TPSA) is 90.0 Å². The number of aromatic amines is 1. The van der Waals surface area contributed by atoms with E-state index in [0.29, 0.717) is 23.1 Å². The van der Waals surface area contributed by atoms with Crippen molar-refractivity contribution in [3.05, 3.63) is 43.0 Å². The number of fused-ring (bicyclic) bond motifs is 2. The molecule has 8 heteroatoms. The first-order chi connectivity index (χ1) is 14.1. The Labute approximate surface area is 168 Å². The summed E-state index contributed by atoms with van der Waals surface area (Å²) in [4.78, 5) is 10.9. The largest absolute Gasteiger partial charge is 0.507 e. The third-order valence-electron chi connectivity index (χ3n) is 6.16. The third-order valence-corrected chi connectivity index (χ3v) is 6.16. The average molecular weight is 394 g/mol. The second-order valence-electron chi connectivity index (χ2n) is 7.88. The minimum atomic E-state index is -0.917. The third kappa shape index (κ3) is 3.23. The lowest BCUT2D eigenvalue weighted by Gasteiger charge is -2.38. The number of benzene rings is 1. The minimum absolute atomic E-state index is 0.0564. The number of rotatable bonds is 4. The predicted octanol–water partition coefficient (Wildman–Crippen LogP) is 2.91. The number of alkyl halides is 1. The van der Waals surface area contributed by atoms with Crippen molar-refractivity contribution in [1.29, 1.82) is 0 Å². The summed E-state index contributed by atoms with van der Waals surface area (Å²) in [5, 5.41) is 20.5. The van der Waals surface area contributed by atoms with E-state index in [1.54, 1.807) is 30.9 Å². The van der Waals surface area contributed by atoms with Crippen LogP contribution in [-0.4, -0.2) is 56.6 Å². The van der Waals surface area contributed by atoms with E-state index in [1.165, 1.54) is 0 Å². The second kappa shape index (κ2) is 7.11. The Morgan fingerprint density at radius 2 is 2.03 bits per heavy atom. The van der Waals surface area contributed by atoms with Gasteiger partial charge in [-0.15, -0.1) is 0 Å². The van der Waals surface area contributed by atoms with Crippen LogP contribution in [0.15, 0.2) is 43.0 Å². The molecule has 0 saturated carbocycles. The molecule has 0 amide bonds. The fraction of sp³-hybridized carbons (Fsp3) is 0.381. The molecule has 2 saturated heterocycles. The maximum Gasteiger partial charge on any atom is 0.147 e. The summed E-state index contributed by atoms with van der Waals surface area (Å²) in [5.41, 5.74) is 2.92. The molecule has 0 radical (unpaired) electrons. The average Bonchev–Trinajstić information content (AvgIpc) is 3.41. The van der Waals surface area contributed by atoms with Crippen molar-refractivity contribution in [2.75, 3.05) is 11.9 Å². The number of aromatic hydroxyl groups is 1. The van der Waals surface area contributed by atoms with E-state index >= 15 is 0 Å². The number of hydrogen-bond donors (Lipinski definition) is 3. The molecule has 150 valence electrons. The molecule has 7 nitrogen and oxygen atoms in total. The normalized spacial score (nSPS) is 25.9. The summed E-state index contributed by atoms with van der Waals surface area (Å²) in [6, 6.07) is 5.53. The van der Waals surface area contributed by atoms with Gasteiger partial charge in [0, 0.05) is 36.5 Å². The van der Waals surface area contributed by atoms with Crippen molar-refractivity contribution in [1.82, 2.24) is 25.5 Å². The predicted molar refractivity (Wildman–Crippen MR) is 108 cm³/mol. The maximum atomic E-state index is 14.8. The highest BCUT2D eigenvalue weighted by molar-refractivity contribution is 5.73. The molecule has 4 atom stereocenters. The van der Waals surface area contributed by atoms with Gasteiger partial charge in [-0.3, -0.25) is 10.1 Å². The zero-order valence-electron chi connectivity index (χ0n) is 16.1. The lowest BCUT2D eigenvalue weighted by molar-refractivity contribution is 0.176. The Bertz CT molecular complexity index is 993. The molecule has 5 rings (SSSR count). The molecule has 0 spiro atoms. The second-order valence-corrected chi connectivity index (χ2v) is 7.88. The highest BCUT2D eigenvalue weighted by Gasteiger charge is 2.43. The Kier molecular flexibility index (Phi) is 4.43. The molecule has 2 aromatic heterocycles. The molecule has 2 aliphatic rings. The van der Waals surface area contributed by atoms with Crippen molar-refractivity contribution < 1.29 is 9.50 Å². The molecule has 1 aromatic carbocycles. The Morgan fingerprint density at radius 1 is 1.14 bits per heavy atom. The zero-order chi connectivity index (χ0) is 20.0. The number of aromatic nitrogens is 4. The molecule has 3 N–H and O–H groups in total. The van der Waals surface area contributed by atoms with Crippen LogP contribution in [0.4, 0.5) is 10.2 Å². The summed E-state index contributed by atoms with van der Waals surface area (Å²) < 4.78 is 14.8. The smallest absolute Gasteiger partial charge is 0.147 e. The van der Waals surface area contributed by atoms with Crippen molar-refractivity contribution in [2.45, 2.75) is 43.6 Å². The van der Waals surface area contributed by atoms with Gasteiger partial charge >= 0.3 is 0 Å². The number of halogens is 1. The number of hydrogen-bond acceptors (Lipinski definition) is 6. The number of phenolic OH excluding ortho intramolecular Hbond substituents is 1. The molecule has 2 bridgehead atoms. The van der Waals surface area contributed by atoms with Gasteiger partial charge in [-0.05, 0) is 37.0 Å². The minimum Gasteiger partial charge on any atom is -0.507 e. The SMILES string of the molecule is CN(c1cnc(-c2ccc(-c3cn[nH]c3)cc2O)cn1)[C@@H]1CC2CCC(N2)[C@@H]1F. The van der Waals surface area contributed by atoms with E-state index in [2.05, 4.69) is 25.5 Å². The van der Waals surface area contributed by atoms with Crippen LogP contribution in [0.1, 0.15) is 19.3 Å². The number of anilines is 1. The van der Waals surface area contributed by atoms with Crippen LogP contribution in [0, 0.1) is 0 Å². The van der Waals surface area contributed by atoms with Crippen molar-refractivity contribution in [2.24, 2.45) is 0 Å². The zero-order valence-corrected chi connectivity index (χ0v) is 16.1. The summed E-state index contributed by atoms with van der Waals surface area (Å²) in [7, 11) is 1.88. The van der Waals surface area contributed by atoms with Gasteiger partial charge < -0.3 is 15.3 Å². The van der Waals surface area contributed by atoms with E-state index in [9.17, 15) is 9.50 Å². The van der Waals surface area contributed by atoms with Crippen LogP contribution < -0.4 is 10.2 Å². The van der Waals surface area contributed by atoms with Crippen LogP contribution in [0.2, 0.25) is 0 Å². The molecule has 2 fully saturated rings. The van der Waals surface area contributed by atoms with Crippen molar-refractivity contribution in [3.8, 4) is 28.1 Å². The van der Waals surface area contributed by atoms with E-state index in [0.717, 1.165) is 30.4 Å². The first-order valence-electron chi connectivity index (χ1n) is 9.87. The number of phenols is 1. The number of piperidine rings is 1. The van der Waals surface area contributed by atoms with Crippen LogP contribution >= 0.6 is 0 Å². The molecular weight excluding hydrogens is 371 g/mol. The van der Waals surface area contributed by atoms with Crippen LogP contribution in [0.25, 0.3) is 22.4 Å². The van der Waals surface area contributed by atoms with Gasteiger partial charge in [0.05, 0.1) is 30.3 Å². The van der Waals surface area contributed by atoms with Crippen LogP contribution in [0.3, 0.4) is 0 Å². The lowest BCUT2D eigenvalue weighted by atomic mass is 9.96. The molecule has 2 unspecified atom stereocenters. The number of nitrogens with zero attached hydrogens (tertiary/aromatic N) is 4. The first kappa shape index (κ1) is 18.1. The number of nitrogens with one attached hydrogen (secondary N) is 2. The highest BCUT2D eigenvalue weighted by atomic mass is 19.1. The molecule has 29 heavy (non-hydrogen) atoms. The molecule has 4 heterocycles. The van der Waals surface area contributed by atoms with E-state index in [1.807, 2.05) is 24.1 Å². The van der Waals surface area contributed by atoms with E-state index in [-0.39, 0.29) is 17.8 Å². The van der Waals surface area contributed by atoms with Gasteiger partial charge in [0.25, 0.3) is 0 Å². The molecule has 2 aliphatic heterocycles. The lowest BCUT2D eigenvalue weighted by Crippen LogP contribution is -2.55. The van der Waals surface area contributed by atoms with Gasteiger partial charge in [-0.1, -0.05) is 6.07 Å². The standard InChI is InChI=1S/C21H23FN6O/c1-28(18-7-14-3-5-16(27-14)21(18)22)20-11-23-17(10-24-20)15-4-2-12(6-19(15)29)13-8-25-26-9-13/h2,4,6,8-11,14,16,18,21,27,29H,3,5,7H2,1H3,(H,25,26)/t14?,16?,18-,21+/m1/s1. The summed E-state index contributed by atoms with van der Waals surface area (Å²) in [6.07, 6.45) is 8.53. The van der Waals surface area contributed by atoms with Gasteiger partial charge in [-0.2, -0.15) is 5.10 Å². The Morgan fingerprint density at radius 3 is 2.76 bits per heavy atom. The van der Waals surface area contributed by atoms with Crippen LogP contribution in [0.5, 0.6) is 5.75 Å². The maximum absolute atomic E-state index is 14.8. The molecule has 3 aromatic rings. The molecule has 0 aliphatic carbocycles. The monoisotopic (exact) mass is 394 g/mol. The van der Waals surface area contributed by atoms with Gasteiger partial charge in [0.2, 0.25) is 0 Å². The Hall–Kier alpha value is -3.00. The summed E-state index contributed by atoms with van der Waals surface area (Å²) in [5.74, 6) is 0.759. The van der Waals surface area contributed by atoms with Crippen molar-refractivity contribution in [3.63, 3.8) is 0 Å². The molecular formula is C21H23FN6O. The first-order valence-corrected chi connectivity index (χ1v) is 9.87. The fourth-order valence-electron chi connectivity index (χ4n) is 4.50. The fourth-order valence-corrected chi connectivity index (χ4v) is 4.50. The van der Waals surface area contributed by atoms with Crippen LogP contribution in [-0.2, 0) is 0 Å². The highest BCUT2D eigenvalue weighted by Crippen LogP contribution is 2.34. The quantitative estimate of drug-likeness (QED) is 0.630. The summed E-state index contributed by atoms with van der Waals surface area (Å²) >= 11 is 0. The van der Waals surface area contributed by atoms with E-state index in [4.69, 9.17) is 0 Å². The van der Waals surface area contributed by atoms with E-state index < -0.39 is 6.17 Å². The van der Waals surface area contributed by atoms with Crippen molar-refractivity contribution >= 4 is 5.82 Å². The van der Waals surface area contributed by atoms with Gasteiger partial charge in [0.15, 0.2) is 0 Å². The van der Waals surface area contributed by atoms with Gasteiger partial charge in [0.1, 0.15) is 17.7 Å². The number of H-pyrrole nitrogens is 1. The summed E-state index contributed by atoms with van der Waals surface area (Å²) in [6.45, 7) is 0. The van der Waals surface area contributed by atoms with Gasteiger partial charge in [-0.25, -0.2) is 9.37 Å². The Balaban J connectivity index is 1.36.